The lowest BCUT2D eigenvalue weighted by Gasteiger charge is -2.17. The first-order valence-electron chi connectivity index (χ1n) is 9.33. The molecule has 8 heteroatoms. The van der Waals surface area contributed by atoms with Crippen molar-refractivity contribution in [2.75, 3.05) is 39.4 Å². The summed E-state index contributed by atoms with van der Waals surface area (Å²) in [5, 5.41) is 0. The number of ether oxygens (including phenoxy) is 4. The smallest absolute Gasteiger partial charge is 0.311 e. The second kappa shape index (κ2) is 9.30. The molecule has 0 saturated carbocycles. The fourth-order valence-electron chi connectivity index (χ4n) is 3.25. The van der Waals surface area contributed by atoms with Crippen molar-refractivity contribution in [2.45, 2.75) is 6.42 Å². The number of amides is 1. The van der Waals surface area contributed by atoms with E-state index in [0.717, 1.165) is 0 Å². The monoisotopic (exact) mass is 413 g/mol. The van der Waals surface area contributed by atoms with Gasteiger partial charge in [-0.2, -0.15) is 0 Å². The van der Waals surface area contributed by atoms with Crippen molar-refractivity contribution in [3.05, 3.63) is 48.0 Å². The topological polar surface area (TPSA) is 91.4 Å². The number of Topliss-reactive ketones (excluding diaryl/α,β-unsaturated/α-hetero) is 1. The van der Waals surface area contributed by atoms with Crippen LogP contribution in [0.15, 0.2) is 42.5 Å². The summed E-state index contributed by atoms with van der Waals surface area (Å²) in [5.41, 5.74) is 0.931. The molecule has 3 rings (SSSR count). The molecule has 0 aromatic heterocycles. The summed E-state index contributed by atoms with van der Waals surface area (Å²) in [7, 11) is 4.49. The molecule has 0 radical (unpaired) electrons. The van der Waals surface area contributed by atoms with Crippen LogP contribution in [0, 0.1) is 5.92 Å². The number of methoxy groups -OCH3 is 3. The van der Waals surface area contributed by atoms with Crippen LogP contribution >= 0.6 is 0 Å². The van der Waals surface area contributed by atoms with Gasteiger partial charge >= 0.3 is 5.97 Å². The molecule has 1 aliphatic rings. The number of nitrogens with zero attached hydrogens (tertiary/aromatic N) is 1. The van der Waals surface area contributed by atoms with Gasteiger partial charge in [-0.25, -0.2) is 0 Å². The summed E-state index contributed by atoms with van der Waals surface area (Å²) >= 11 is 0. The van der Waals surface area contributed by atoms with Crippen molar-refractivity contribution in [1.82, 2.24) is 0 Å². The highest BCUT2D eigenvalue weighted by atomic mass is 16.5. The van der Waals surface area contributed by atoms with Crippen LogP contribution in [0.5, 0.6) is 17.2 Å². The van der Waals surface area contributed by atoms with Gasteiger partial charge in [0, 0.05) is 30.8 Å². The molecule has 1 heterocycles. The van der Waals surface area contributed by atoms with Crippen molar-refractivity contribution in [2.24, 2.45) is 5.92 Å². The number of anilines is 1. The molecular weight excluding hydrogens is 390 g/mol. The molecule has 8 nitrogen and oxygen atoms in total. The van der Waals surface area contributed by atoms with Crippen LogP contribution in [0.3, 0.4) is 0 Å². The summed E-state index contributed by atoms with van der Waals surface area (Å²) in [6.07, 6.45) is 0.0239. The van der Waals surface area contributed by atoms with Gasteiger partial charge in [-0.15, -0.1) is 0 Å². The predicted molar refractivity (Wildman–Crippen MR) is 108 cm³/mol. The zero-order chi connectivity index (χ0) is 21.7. The molecule has 1 saturated heterocycles. The third-order valence-corrected chi connectivity index (χ3v) is 4.88. The molecule has 2 aromatic carbocycles. The van der Waals surface area contributed by atoms with Crippen LogP contribution in [0.2, 0.25) is 0 Å². The van der Waals surface area contributed by atoms with E-state index in [1.165, 1.54) is 19.1 Å². The van der Waals surface area contributed by atoms with E-state index in [1.807, 2.05) is 0 Å². The van der Waals surface area contributed by atoms with Gasteiger partial charge in [0.05, 0.1) is 32.8 Å². The van der Waals surface area contributed by atoms with Crippen LogP contribution in [-0.2, 0) is 14.3 Å². The van der Waals surface area contributed by atoms with Crippen LogP contribution in [0.25, 0.3) is 0 Å². The van der Waals surface area contributed by atoms with Gasteiger partial charge < -0.3 is 23.8 Å². The van der Waals surface area contributed by atoms with E-state index in [9.17, 15) is 14.4 Å². The van der Waals surface area contributed by atoms with Gasteiger partial charge in [-0.1, -0.05) is 6.07 Å². The molecule has 0 bridgehead atoms. The van der Waals surface area contributed by atoms with E-state index in [4.69, 9.17) is 18.9 Å². The maximum atomic E-state index is 12.5. The molecule has 0 unspecified atom stereocenters. The number of carbonyl (C=O) groups is 3. The first-order chi connectivity index (χ1) is 14.5. The zero-order valence-corrected chi connectivity index (χ0v) is 17.0. The molecule has 1 amide bonds. The summed E-state index contributed by atoms with van der Waals surface area (Å²) < 4.78 is 20.7. The number of carbonyl (C=O) groups excluding carboxylic acids is 3. The Labute approximate surface area is 174 Å². The second-order valence-corrected chi connectivity index (χ2v) is 6.70. The SMILES string of the molecule is COc1cccc(N2C[C@H](C(=O)OCC(=O)c3ccc(OC)cc3OC)CC2=O)c1. The predicted octanol–water partition coefficient (Wildman–Crippen LogP) is 2.49. The Kier molecular flexibility index (Phi) is 6.56. The number of hydrogen-bond acceptors (Lipinski definition) is 7. The number of benzene rings is 2. The molecule has 0 aliphatic carbocycles. The lowest BCUT2D eigenvalue weighted by atomic mass is 10.1. The molecule has 1 fully saturated rings. The van der Waals surface area contributed by atoms with Crippen LogP contribution in [0.1, 0.15) is 16.8 Å². The molecule has 158 valence electrons. The van der Waals surface area contributed by atoms with Crippen molar-refractivity contribution in [3.63, 3.8) is 0 Å². The molecule has 0 spiro atoms. The molecular formula is C22H23NO7. The Morgan fingerprint density at radius 2 is 1.73 bits per heavy atom. The number of ketones is 1. The van der Waals surface area contributed by atoms with Gasteiger partial charge in [0.15, 0.2) is 6.61 Å². The minimum absolute atomic E-state index is 0.0239. The van der Waals surface area contributed by atoms with Gasteiger partial charge in [-0.3, -0.25) is 14.4 Å². The first kappa shape index (κ1) is 21.2. The Morgan fingerprint density at radius 3 is 2.43 bits per heavy atom. The fraction of sp³-hybridized carbons (Fsp3) is 0.318. The number of rotatable bonds is 8. The van der Waals surface area contributed by atoms with Crippen molar-refractivity contribution >= 4 is 23.3 Å². The van der Waals surface area contributed by atoms with E-state index < -0.39 is 24.3 Å². The van der Waals surface area contributed by atoms with Crippen LogP contribution < -0.4 is 19.1 Å². The normalized spacial score (nSPS) is 15.6. The number of esters is 1. The molecule has 0 N–H and O–H groups in total. The average Bonchev–Trinajstić information content (AvgIpc) is 3.18. The zero-order valence-electron chi connectivity index (χ0n) is 17.0. The quantitative estimate of drug-likeness (QED) is 0.485. The molecule has 1 atom stereocenters. The van der Waals surface area contributed by atoms with E-state index in [-0.39, 0.29) is 24.4 Å². The molecule has 30 heavy (non-hydrogen) atoms. The van der Waals surface area contributed by atoms with Gasteiger partial charge in [0.1, 0.15) is 17.2 Å². The van der Waals surface area contributed by atoms with Gasteiger partial charge in [0.25, 0.3) is 0 Å². The Hall–Kier alpha value is -3.55. The Morgan fingerprint density at radius 1 is 1.00 bits per heavy atom. The van der Waals surface area contributed by atoms with Gasteiger partial charge in [-0.05, 0) is 24.3 Å². The summed E-state index contributed by atoms with van der Waals surface area (Å²) in [6, 6.07) is 11.8. The highest BCUT2D eigenvalue weighted by Crippen LogP contribution is 2.29. The van der Waals surface area contributed by atoms with Crippen LogP contribution in [0.4, 0.5) is 5.69 Å². The Balaban J connectivity index is 1.61. The standard InChI is InChI=1S/C22H23NO7/c1-27-16-6-4-5-15(10-16)23-12-14(9-21(23)25)22(26)30-13-19(24)18-8-7-17(28-2)11-20(18)29-3/h4-8,10-11,14H,9,12-13H2,1-3H3/t14-/m1/s1. The van der Waals surface area contributed by atoms with Crippen molar-refractivity contribution in [1.29, 1.82) is 0 Å². The molecule has 2 aromatic rings. The summed E-state index contributed by atoms with van der Waals surface area (Å²) in [6.45, 7) is -0.254. The highest BCUT2D eigenvalue weighted by molar-refractivity contribution is 6.02. The van der Waals surface area contributed by atoms with E-state index in [0.29, 0.717) is 22.9 Å². The van der Waals surface area contributed by atoms with E-state index in [1.54, 1.807) is 49.6 Å². The minimum atomic E-state index is -0.644. The molecule has 1 aliphatic heterocycles. The largest absolute Gasteiger partial charge is 0.497 e. The summed E-state index contributed by atoms with van der Waals surface area (Å²) in [4.78, 5) is 38.8. The average molecular weight is 413 g/mol. The maximum Gasteiger partial charge on any atom is 0.311 e. The van der Waals surface area contributed by atoms with E-state index >= 15 is 0 Å². The Bertz CT molecular complexity index is 956. The van der Waals surface area contributed by atoms with Crippen molar-refractivity contribution in [3.8, 4) is 17.2 Å². The van der Waals surface area contributed by atoms with Crippen LogP contribution in [-0.4, -0.2) is 52.1 Å². The van der Waals surface area contributed by atoms with Gasteiger partial charge in [0.2, 0.25) is 11.7 Å². The fourth-order valence-corrected chi connectivity index (χ4v) is 3.25. The van der Waals surface area contributed by atoms with Crippen molar-refractivity contribution < 1.29 is 33.3 Å². The lowest BCUT2D eigenvalue weighted by Crippen LogP contribution is -2.27. The second-order valence-electron chi connectivity index (χ2n) is 6.70. The number of hydrogen-bond donors (Lipinski definition) is 0. The summed E-state index contributed by atoms with van der Waals surface area (Å²) in [5.74, 6) is -0.336. The first-order valence-corrected chi connectivity index (χ1v) is 9.33. The van der Waals surface area contributed by atoms with E-state index in [2.05, 4.69) is 0 Å². The highest BCUT2D eigenvalue weighted by Gasteiger charge is 2.36. The third kappa shape index (κ3) is 4.53. The lowest BCUT2D eigenvalue weighted by molar-refractivity contribution is -0.147. The minimum Gasteiger partial charge on any atom is -0.497 e. The third-order valence-electron chi connectivity index (χ3n) is 4.88. The maximum absolute atomic E-state index is 12.5.